The zero-order valence-electron chi connectivity index (χ0n) is 16.1. The molecule has 146 valence electrons. The molecule has 1 atom stereocenters. The first kappa shape index (κ1) is 20.9. The molecule has 7 nitrogen and oxygen atoms in total. The molecule has 1 N–H and O–H groups in total. The van der Waals surface area contributed by atoms with E-state index in [1.807, 2.05) is 5.38 Å². The highest BCUT2D eigenvalue weighted by molar-refractivity contribution is 7.12. The van der Waals surface area contributed by atoms with E-state index in [0.717, 1.165) is 0 Å². The molecule has 0 fully saturated rings. The number of H-pyrrole nitrogens is 1. The summed E-state index contributed by atoms with van der Waals surface area (Å²) in [7, 11) is 2.83. The number of nitrogens with zero attached hydrogens (tertiary/aromatic N) is 1. The number of ether oxygens (including phenoxy) is 2. The first-order valence-corrected chi connectivity index (χ1v) is 9.36. The largest absolute Gasteiger partial charge is 0.464 e. The van der Waals surface area contributed by atoms with Crippen molar-refractivity contribution in [2.24, 2.45) is 0 Å². The standard InChI is InChI=1S/C19H24N2O5S/c1-11-15(12(2)20-16(11)19(24)26-5)17(22)13(3)21(8-9-25-4)18(23)14-7-6-10-27-14/h6-7,10,13,20H,8-9H2,1-5H3. The average molecular weight is 392 g/mol. The van der Waals surface area contributed by atoms with Crippen LogP contribution in [0.15, 0.2) is 17.5 Å². The summed E-state index contributed by atoms with van der Waals surface area (Å²) in [6.07, 6.45) is 0. The van der Waals surface area contributed by atoms with Crippen molar-refractivity contribution < 1.29 is 23.9 Å². The molecule has 2 aromatic heterocycles. The van der Waals surface area contributed by atoms with Crippen molar-refractivity contribution in [3.63, 3.8) is 0 Å². The van der Waals surface area contributed by atoms with Crippen LogP contribution in [-0.2, 0) is 9.47 Å². The highest BCUT2D eigenvalue weighted by Crippen LogP contribution is 2.23. The molecule has 2 rings (SSSR count). The van der Waals surface area contributed by atoms with Crippen LogP contribution in [0.1, 0.15) is 48.7 Å². The predicted molar refractivity (Wildman–Crippen MR) is 103 cm³/mol. The lowest BCUT2D eigenvalue weighted by atomic mass is 9.99. The van der Waals surface area contributed by atoms with E-state index in [-0.39, 0.29) is 23.9 Å². The zero-order chi connectivity index (χ0) is 20.1. The third kappa shape index (κ3) is 4.28. The van der Waals surface area contributed by atoms with E-state index in [9.17, 15) is 14.4 Å². The van der Waals surface area contributed by atoms with E-state index in [4.69, 9.17) is 9.47 Å². The molecule has 1 unspecified atom stereocenters. The second kappa shape index (κ2) is 8.96. The third-order valence-corrected chi connectivity index (χ3v) is 5.31. The van der Waals surface area contributed by atoms with Crippen LogP contribution in [0.25, 0.3) is 0 Å². The Labute approximate surface area is 162 Å². The van der Waals surface area contributed by atoms with Crippen LogP contribution in [0.3, 0.4) is 0 Å². The number of aromatic nitrogens is 1. The van der Waals surface area contributed by atoms with E-state index < -0.39 is 12.0 Å². The van der Waals surface area contributed by atoms with Gasteiger partial charge in [-0.2, -0.15) is 0 Å². The van der Waals surface area contributed by atoms with Crippen molar-refractivity contribution in [3.05, 3.63) is 44.9 Å². The molecule has 0 aliphatic carbocycles. The van der Waals surface area contributed by atoms with Crippen LogP contribution in [0.4, 0.5) is 0 Å². The van der Waals surface area contributed by atoms with Crippen LogP contribution < -0.4 is 0 Å². The lowest BCUT2D eigenvalue weighted by Gasteiger charge is -2.28. The van der Waals surface area contributed by atoms with Crippen LogP contribution in [0.2, 0.25) is 0 Å². The van der Waals surface area contributed by atoms with E-state index >= 15 is 0 Å². The number of carbonyl (C=O) groups is 3. The van der Waals surface area contributed by atoms with Crippen LogP contribution in [0.5, 0.6) is 0 Å². The van der Waals surface area contributed by atoms with E-state index in [2.05, 4.69) is 4.98 Å². The molecule has 0 saturated heterocycles. The summed E-state index contributed by atoms with van der Waals surface area (Å²) in [6, 6.07) is 2.81. The zero-order valence-corrected chi connectivity index (χ0v) is 16.9. The number of aromatic amines is 1. The fourth-order valence-electron chi connectivity index (χ4n) is 2.98. The molecular formula is C19H24N2O5S. The average Bonchev–Trinajstić information content (AvgIpc) is 3.28. The number of hydrogen-bond donors (Lipinski definition) is 1. The highest BCUT2D eigenvalue weighted by atomic mass is 32.1. The van der Waals surface area contributed by atoms with Crippen molar-refractivity contribution in [1.82, 2.24) is 9.88 Å². The third-order valence-electron chi connectivity index (χ3n) is 4.45. The van der Waals surface area contributed by atoms with Gasteiger partial charge in [-0.15, -0.1) is 11.3 Å². The van der Waals surface area contributed by atoms with Gasteiger partial charge in [0.25, 0.3) is 5.91 Å². The second-order valence-corrected chi connectivity index (χ2v) is 7.07. The quantitative estimate of drug-likeness (QED) is 0.551. The monoisotopic (exact) mass is 392 g/mol. The van der Waals surface area contributed by atoms with Crippen molar-refractivity contribution in [3.8, 4) is 0 Å². The molecule has 8 heteroatoms. The number of aryl methyl sites for hydroxylation is 1. The number of rotatable bonds is 8. The molecule has 2 heterocycles. The molecule has 2 aromatic rings. The van der Waals surface area contributed by atoms with Gasteiger partial charge in [-0.3, -0.25) is 9.59 Å². The van der Waals surface area contributed by atoms with Gasteiger partial charge in [0.05, 0.1) is 24.6 Å². The smallest absolute Gasteiger partial charge is 0.354 e. The number of amides is 1. The number of methoxy groups -OCH3 is 2. The topological polar surface area (TPSA) is 88.7 Å². The fraction of sp³-hybridized carbons (Fsp3) is 0.421. The van der Waals surface area contributed by atoms with Crippen molar-refractivity contribution in [1.29, 1.82) is 0 Å². The maximum Gasteiger partial charge on any atom is 0.354 e. The highest BCUT2D eigenvalue weighted by Gasteiger charge is 2.31. The summed E-state index contributed by atoms with van der Waals surface area (Å²) in [5.41, 5.74) is 1.74. The van der Waals surface area contributed by atoms with E-state index in [1.165, 1.54) is 23.3 Å². The number of esters is 1. The van der Waals surface area contributed by atoms with Gasteiger partial charge in [0.15, 0.2) is 5.78 Å². The number of nitrogens with one attached hydrogen (secondary N) is 1. The molecule has 0 aliphatic rings. The minimum absolute atomic E-state index is 0.220. The first-order chi connectivity index (χ1) is 12.8. The Hall–Kier alpha value is -2.45. The Balaban J connectivity index is 2.36. The van der Waals surface area contributed by atoms with E-state index in [1.54, 1.807) is 40.0 Å². The molecule has 0 spiro atoms. The summed E-state index contributed by atoms with van der Waals surface area (Å²) in [5, 5.41) is 1.82. The molecule has 0 aliphatic heterocycles. The van der Waals surface area contributed by atoms with Crippen molar-refractivity contribution >= 4 is 29.0 Å². The van der Waals surface area contributed by atoms with E-state index in [0.29, 0.717) is 28.3 Å². The summed E-state index contributed by atoms with van der Waals surface area (Å²) in [6.45, 7) is 5.70. The lowest BCUT2D eigenvalue weighted by molar-refractivity contribution is 0.0566. The molecule has 0 aromatic carbocycles. The van der Waals surface area contributed by atoms with Gasteiger partial charge in [-0.25, -0.2) is 4.79 Å². The Morgan fingerprint density at radius 3 is 2.52 bits per heavy atom. The van der Waals surface area contributed by atoms with Crippen molar-refractivity contribution in [2.75, 3.05) is 27.4 Å². The van der Waals surface area contributed by atoms with Crippen molar-refractivity contribution in [2.45, 2.75) is 26.8 Å². The minimum atomic E-state index is -0.714. The molecule has 0 radical (unpaired) electrons. The maximum atomic E-state index is 13.2. The summed E-state index contributed by atoms with van der Waals surface area (Å²) in [4.78, 5) is 42.9. The number of carbonyl (C=O) groups excluding carboxylic acids is 3. The van der Waals surface area contributed by atoms with Gasteiger partial charge in [-0.05, 0) is 37.8 Å². The maximum absolute atomic E-state index is 13.2. The van der Waals surface area contributed by atoms with Gasteiger partial charge in [0, 0.05) is 24.9 Å². The Bertz CT molecular complexity index is 826. The molecule has 1 amide bonds. The summed E-state index contributed by atoms with van der Waals surface area (Å²) in [5.74, 6) is -0.993. The van der Waals surface area contributed by atoms with Crippen LogP contribution >= 0.6 is 11.3 Å². The molecule has 0 bridgehead atoms. The molecular weight excluding hydrogens is 368 g/mol. The minimum Gasteiger partial charge on any atom is -0.464 e. The first-order valence-electron chi connectivity index (χ1n) is 8.48. The van der Waals surface area contributed by atoms with Gasteiger partial charge in [-0.1, -0.05) is 6.07 Å². The van der Waals surface area contributed by atoms with Gasteiger partial charge in [0.2, 0.25) is 0 Å². The van der Waals surface area contributed by atoms with Crippen LogP contribution in [0, 0.1) is 13.8 Å². The van der Waals surface area contributed by atoms with Gasteiger partial charge >= 0.3 is 5.97 Å². The Morgan fingerprint density at radius 2 is 1.96 bits per heavy atom. The summed E-state index contributed by atoms with van der Waals surface area (Å²) >= 11 is 1.32. The number of ketones is 1. The fourth-order valence-corrected chi connectivity index (χ4v) is 3.66. The number of Topliss-reactive ketones (excluding diaryl/α,β-unsaturated/α-hetero) is 1. The predicted octanol–water partition coefficient (Wildman–Crippen LogP) is 2.84. The Kier molecular flexibility index (Phi) is 6.92. The molecule has 27 heavy (non-hydrogen) atoms. The number of hydrogen-bond acceptors (Lipinski definition) is 6. The lowest BCUT2D eigenvalue weighted by Crippen LogP contribution is -2.45. The normalized spacial score (nSPS) is 11.9. The second-order valence-electron chi connectivity index (χ2n) is 6.13. The SMILES string of the molecule is COCCN(C(=O)c1cccs1)C(C)C(=O)c1c(C)[nH]c(C(=O)OC)c1C. The Morgan fingerprint density at radius 1 is 1.26 bits per heavy atom. The van der Waals surface area contributed by atoms with Crippen LogP contribution in [-0.4, -0.2) is 61.0 Å². The molecule has 0 saturated carbocycles. The van der Waals surface area contributed by atoms with Gasteiger partial charge < -0.3 is 19.4 Å². The van der Waals surface area contributed by atoms with Gasteiger partial charge in [0.1, 0.15) is 5.69 Å². The number of thiophene rings is 1. The summed E-state index contributed by atoms with van der Waals surface area (Å²) < 4.78 is 9.86.